The number of nitrogens with zero attached hydrogens (tertiary/aromatic N) is 1. The molecule has 0 saturated carbocycles. The summed E-state index contributed by atoms with van der Waals surface area (Å²) in [5, 5.41) is 1.35. The van der Waals surface area contributed by atoms with Gasteiger partial charge in [-0.2, -0.15) is 0 Å². The Balaban J connectivity index is 2.08. The van der Waals surface area contributed by atoms with Crippen LogP contribution in [-0.2, 0) is 6.42 Å². The van der Waals surface area contributed by atoms with Crippen molar-refractivity contribution in [3.8, 4) is 0 Å². The fraction of sp³-hybridized carbons (Fsp3) is 0.364. The number of fused-ring (bicyclic) bond motifs is 3. The molecule has 1 aromatic rings. The molecule has 14 heavy (non-hydrogen) atoms. The van der Waals surface area contributed by atoms with E-state index in [0.29, 0.717) is 11.3 Å². The molecular weight excluding hydrogens is 192 g/mol. The van der Waals surface area contributed by atoms with Crippen molar-refractivity contribution >= 4 is 16.9 Å². The number of rotatable bonds is 0. The zero-order chi connectivity index (χ0) is 9.54. The lowest BCUT2D eigenvalue weighted by Gasteiger charge is -2.25. The number of nitrogens with two attached hydrogens (primary N) is 1. The summed E-state index contributed by atoms with van der Waals surface area (Å²) >= 11 is 1.74. The van der Waals surface area contributed by atoms with E-state index in [0.717, 1.165) is 5.17 Å². The topological polar surface area (TPSA) is 38.4 Å². The van der Waals surface area contributed by atoms with Gasteiger partial charge in [0.15, 0.2) is 5.17 Å². The number of benzene rings is 1. The van der Waals surface area contributed by atoms with Crippen LogP contribution in [0.3, 0.4) is 0 Å². The van der Waals surface area contributed by atoms with Gasteiger partial charge in [-0.1, -0.05) is 36.0 Å². The molecule has 3 rings (SSSR count). The molecule has 1 aliphatic carbocycles. The van der Waals surface area contributed by atoms with Crippen LogP contribution in [-0.4, -0.2) is 10.4 Å². The highest BCUT2D eigenvalue weighted by atomic mass is 32.2. The predicted octanol–water partition coefficient (Wildman–Crippen LogP) is 2.10. The monoisotopic (exact) mass is 204 g/mol. The second kappa shape index (κ2) is 3.02. The van der Waals surface area contributed by atoms with Crippen LogP contribution in [0.2, 0.25) is 0 Å². The van der Waals surface area contributed by atoms with Gasteiger partial charge in [-0.05, 0) is 24.0 Å². The fourth-order valence-electron chi connectivity index (χ4n) is 2.30. The molecule has 3 heteroatoms. The number of hydrogen-bond acceptors (Lipinski definition) is 3. The molecule has 2 N–H and O–H groups in total. The fourth-order valence-corrected chi connectivity index (χ4v) is 3.36. The van der Waals surface area contributed by atoms with Crippen LogP contribution >= 0.6 is 11.8 Å². The highest BCUT2D eigenvalue weighted by Gasteiger charge is 2.34. The van der Waals surface area contributed by atoms with Gasteiger partial charge < -0.3 is 5.73 Å². The van der Waals surface area contributed by atoms with Crippen LogP contribution in [0, 0.1) is 0 Å². The SMILES string of the molecule is NC1=N[C@@H]2c3ccccc3CC[C@H]2S1. The zero-order valence-electron chi connectivity index (χ0n) is 7.81. The van der Waals surface area contributed by atoms with Gasteiger partial charge in [0, 0.05) is 5.25 Å². The molecule has 0 saturated heterocycles. The standard InChI is InChI=1S/C11H12N2S/c12-11-13-10-8-4-2-1-3-7(8)5-6-9(10)14-11/h1-4,9-10H,5-6H2,(H2,12,13)/t9-,10-/m1/s1. The molecule has 0 unspecified atom stereocenters. The molecule has 72 valence electrons. The first-order valence-electron chi connectivity index (χ1n) is 4.92. The molecule has 1 heterocycles. The highest BCUT2D eigenvalue weighted by Crippen LogP contribution is 2.43. The summed E-state index contributed by atoms with van der Waals surface area (Å²) in [6.45, 7) is 0. The molecule has 0 spiro atoms. The van der Waals surface area contributed by atoms with Gasteiger partial charge in [-0.3, -0.25) is 4.99 Å². The van der Waals surface area contributed by atoms with Gasteiger partial charge in [-0.25, -0.2) is 0 Å². The highest BCUT2D eigenvalue weighted by molar-refractivity contribution is 8.14. The van der Waals surface area contributed by atoms with E-state index in [-0.39, 0.29) is 0 Å². The lowest BCUT2D eigenvalue weighted by atomic mass is 9.88. The molecule has 0 bridgehead atoms. The smallest absolute Gasteiger partial charge is 0.154 e. The van der Waals surface area contributed by atoms with E-state index in [4.69, 9.17) is 5.73 Å². The second-order valence-electron chi connectivity index (χ2n) is 3.81. The predicted molar refractivity (Wildman–Crippen MR) is 60.5 cm³/mol. The van der Waals surface area contributed by atoms with Gasteiger partial charge in [0.1, 0.15) is 0 Å². The van der Waals surface area contributed by atoms with Crippen molar-refractivity contribution in [2.24, 2.45) is 10.7 Å². The van der Waals surface area contributed by atoms with Gasteiger partial charge >= 0.3 is 0 Å². The molecule has 2 aliphatic rings. The van der Waals surface area contributed by atoms with Crippen molar-refractivity contribution in [1.29, 1.82) is 0 Å². The van der Waals surface area contributed by atoms with Crippen molar-refractivity contribution in [2.45, 2.75) is 24.1 Å². The Hall–Kier alpha value is -0.960. The third-order valence-corrected chi connectivity index (χ3v) is 4.11. The minimum Gasteiger partial charge on any atom is -0.379 e. The average molecular weight is 204 g/mol. The van der Waals surface area contributed by atoms with Crippen molar-refractivity contribution < 1.29 is 0 Å². The molecule has 0 fully saturated rings. The Bertz CT molecular complexity index is 400. The van der Waals surface area contributed by atoms with Crippen molar-refractivity contribution in [1.82, 2.24) is 0 Å². The normalized spacial score (nSPS) is 29.3. The minimum absolute atomic E-state index is 0.324. The second-order valence-corrected chi connectivity index (χ2v) is 5.07. The first kappa shape index (κ1) is 8.36. The molecule has 0 amide bonds. The third kappa shape index (κ3) is 1.16. The number of thioether (sulfide) groups is 1. The largest absolute Gasteiger partial charge is 0.379 e. The van der Waals surface area contributed by atoms with Crippen molar-refractivity contribution in [3.63, 3.8) is 0 Å². The third-order valence-electron chi connectivity index (χ3n) is 2.96. The molecule has 2 atom stereocenters. The maximum atomic E-state index is 5.76. The van der Waals surface area contributed by atoms with E-state index in [1.54, 1.807) is 11.8 Å². The number of aryl methyl sites for hydroxylation is 1. The average Bonchev–Trinajstić information content (AvgIpc) is 2.59. The number of amidine groups is 1. The zero-order valence-corrected chi connectivity index (χ0v) is 8.63. The molecule has 0 aromatic heterocycles. The van der Waals surface area contributed by atoms with E-state index in [9.17, 15) is 0 Å². The van der Waals surface area contributed by atoms with Crippen molar-refractivity contribution in [2.75, 3.05) is 0 Å². The van der Waals surface area contributed by atoms with Crippen molar-refractivity contribution in [3.05, 3.63) is 35.4 Å². The summed E-state index contributed by atoms with van der Waals surface area (Å²) in [6, 6.07) is 8.92. The Morgan fingerprint density at radius 2 is 2.21 bits per heavy atom. The summed E-state index contributed by atoms with van der Waals surface area (Å²) in [7, 11) is 0. The van der Waals surface area contributed by atoms with Crippen LogP contribution in [0.1, 0.15) is 23.6 Å². The molecule has 0 radical (unpaired) electrons. The van der Waals surface area contributed by atoms with E-state index in [2.05, 4.69) is 29.3 Å². The quantitative estimate of drug-likeness (QED) is 0.703. The Kier molecular flexibility index (Phi) is 1.80. The molecular formula is C11H12N2S. The van der Waals surface area contributed by atoms with Gasteiger partial charge in [0.25, 0.3) is 0 Å². The van der Waals surface area contributed by atoms with E-state index in [1.807, 2.05) is 0 Å². The first-order chi connectivity index (χ1) is 6.84. The molecule has 1 aromatic carbocycles. The van der Waals surface area contributed by atoms with Crippen LogP contribution in [0.5, 0.6) is 0 Å². The van der Waals surface area contributed by atoms with Crippen LogP contribution < -0.4 is 5.73 Å². The van der Waals surface area contributed by atoms with E-state index < -0.39 is 0 Å². The number of aliphatic imine (C=N–C) groups is 1. The van der Waals surface area contributed by atoms with Crippen LogP contribution in [0.4, 0.5) is 0 Å². The Labute approximate surface area is 87.6 Å². The summed E-state index contributed by atoms with van der Waals surface area (Å²) in [4.78, 5) is 4.51. The van der Waals surface area contributed by atoms with Gasteiger partial charge in [0.2, 0.25) is 0 Å². The van der Waals surface area contributed by atoms with Gasteiger partial charge in [0.05, 0.1) is 6.04 Å². The molecule has 2 nitrogen and oxygen atoms in total. The summed E-state index contributed by atoms with van der Waals surface area (Å²) in [5.74, 6) is 0. The summed E-state index contributed by atoms with van der Waals surface area (Å²) in [6.07, 6.45) is 2.38. The van der Waals surface area contributed by atoms with Gasteiger partial charge in [-0.15, -0.1) is 0 Å². The first-order valence-corrected chi connectivity index (χ1v) is 5.80. The lowest BCUT2D eigenvalue weighted by Crippen LogP contribution is -2.18. The number of hydrogen-bond donors (Lipinski definition) is 1. The maximum absolute atomic E-state index is 5.76. The van der Waals surface area contributed by atoms with Crippen LogP contribution in [0.25, 0.3) is 0 Å². The van der Waals surface area contributed by atoms with E-state index in [1.165, 1.54) is 24.0 Å². The lowest BCUT2D eigenvalue weighted by molar-refractivity contribution is 0.599. The van der Waals surface area contributed by atoms with E-state index >= 15 is 0 Å². The molecule has 1 aliphatic heterocycles. The Morgan fingerprint density at radius 1 is 1.36 bits per heavy atom. The minimum atomic E-state index is 0.324. The Morgan fingerprint density at radius 3 is 3.14 bits per heavy atom. The summed E-state index contributed by atoms with van der Waals surface area (Å²) < 4.78 is 0. The maximum Gasteiger partial charge on any atom is 0.154 e. The summed E-state index contributed by atoms with van der Waals surface area (Å²) in [5.41, 5.74) is 8.60. The van der Waals surface area contributed by atoms with Crippen LogP contribution in [0.15, 0.2) is 29.3 Å².